The lowest BCUT2D eigenvalue weighted by molar-refractivity contribution is -0.160. The number of aromatic nitrogens is 2. The molecule has 0 spiro atoms. The van der Waals surface area contributed by atoms with Gasteiger partial charge in [0.15, 0.2) is 0 Å². The van der Waals surface area contributed by atoms with Crippen molar-refractivity contribution in [1.82, 2.24) is 9.55 Å². The van der Waals surface area contributed by atoms with Gasteiger partial charge >= 0.3 is 18.0 Å². The first-order valence-corrected chi connectivity index (χ1v) is 9.76. The zero-order valence-electron chi connectivity index (χ0n) is 16.2. The van der Waals surface area contributed by atoms with Crippen LogP contribution in [0.4, 0.5) is 4.79 Å². The number of rotatable bonds is 13. The fourth-order valence-corrected chi connectivity index (χ4v) is 2.72. The first kappa shape index (κ1) is 22.8. The third-order valence-corrected chi connectivity index (χ3v) is 4.32. The second-order valence-electron chi connectivity index (χ2n) is 6.79. The minimum Gasteiger partial charge on any atom is -0.392 e. The Hall–Kier alpha value is -2.22. The molecule has 1 aromatic rings. The minimum absolute atomic E-state index is 0.0599. The molecule has 152 valence electrons. The second-order valence-corrected chi connectivity index (χ2v) is 6.79. The molecule has 0 aliphatic rings. The molecule has 1 amide bonds. The summed E-state index contributed by atoms with van der Waals surface area (Å²) < 4.78 is 5.87. The summed E-state index contributed by atoms with van der Waals surface area (Å²) in [6.45, 7) is 2.20. The molecule has 0 aliphatic carbocycles. The molecule has 1 atom stereocenters. The Bertz CT molecular complexity index is 600. The molecule has 1 rings (SSSR count). The van der Waals surface area contributed by atoms with Crippen LogP contribution in [0.1, 0.15) is 76.8 Å². The monoisotopic (exact) mass is 380 g/mol. The Morgan fingerprint density at radius 2 is 1.67 bits per heavy atom. The first-order valence-electron chi connectivity index (χ1n) is 9.76. The number of hydrogen-bond acceptors (Lipinski definition) is 6. The van der Waals surface area contributed by atoms with Gasteiger partial charge in [-0.05, 0) is 6.42 Å². The van der Waals surface area contributed by atoms with E-state index in [0.717, 1.165) is 17.4 Å². The standard InChI is InChI=1S/C19H32N4O4/c1-2-3-4-5-6-7-8-9-10-11-17(24)27-18(25)16(20)12-15-13-23(14-22-15)19(21)26/h13-14,16H,2-12,20H2,1H3,(H2,21,26)/t16-/m0/s1. The van der Waals surface area contributed by atoms with Gasteiger partial charge in [0.2, 0.25) is 0 Å². The normalized spacial score (nSPS) is 11.9. The molecular weight excluding hydrogens is 348 g/mol. The third kappa shape index (κ3) is 9.89. The maximum absolute atomic E-state index is 11.9. The number of amides is 1. The van der Waals surface area contributed by atoms with Gasteiger partial charge < -0.3 is 16.2 Å². The Labute approximate surface area is 160 Å². The molecule has 1 heterocycles. The number of ether oxygens (including phenoxy) is 1. The van der Waals surface area contributed by atoms with Crippen LogP contribution in [-0.4, -0.2) is 33.6 Å². The van der Waals surface area contributed by atoms with Gasteiger partial charge in [0.1, 0.15) is 12.4 Å². The molecule has 0 fully saturated rings. The van der Waals surface area contributed by atoms with Crippen molar-refractivity contribution in [3.05, 3.63) is 18.2 Å². The van der Waals surface area contributed by atoms with Crippen molar-refractivity contribution in [2.24, 2.45) is 11.5 Å². The minimum atomic E-state index is -1.02. The van der Waals surface area contributed by atoms with Crippen molar-refractivity contribution in [2.45, 2.75) is 83.6 Å². The predicted molar refractivity (Wildman–Crippen MR) is 102 cm³/mol. The van der Waals surface area contributed by atoms with Gasteiger partial charge in [-0.1, -0.05) is 58.3 Å². The van der Waals surface area contributed by atoms with E-state index in [1.165, 1.54) is 51.0 Å². The van der Waals surface area contributed by atoms with Crippen LogP contribution in [0.25, 0.3) is 0 Å². The largest absolute Gasteiger partial charge is 0.392 e. The molecule has 0 saturated carbocycles. The number of hydrogen-bond donors (Lipinski definition) is 2. The number of imidazole rings is 1. The molecular formula is C19H32N4O4. The van der Waals surface area contributed by atoms with Gasteiger partial charge in [-0.15, -0.1) is 0 Å². The SMILES string of the molecule is CCCCCCCCCCCC(=O)OC(=O)[C@@H](N)Cc1cn(C(N)=O)cn1. The van der Waals surface area contributed by atoms with E-state index in [0.29, 0.717) is 12.1 Å². The average Bonchev–Trinajstić information content (AvgIpc) is 3.09. The second kappa shape index (κ2) is 13.0. The van der Waals surface area contributed by atoms with E-state index in [-0.39, 0.29) is 12.8 Å². The Kier molecular flexibility index (Phi) is 11.0. The zero-order chi connectivity index (χ0) is 20.1. The van der Waals surface area contributed by atoms with E-state index in [9.17, 15) is 14.4 Å². The summed E-state index contributed by atoms with van der Waals surface area (Å²) in [5.41, 5.74) is 11.3. The fourth-order valence-electron chi connectivity index (χ4n) is 2.72. The van der Waals surface area contributed by atoms with E-state index in [1.807, 2.05) is 0 Å². The van der Waals surface area contributed by atoms with Crippen LogP contribution >= 0.6 is 0 Å². The van der Waals surface area contributed by atoms with E-state index in [1.54, 1.807) is 0 Å². The molecule has 8 heteroatoms. The lowest BCUT2D eigenvalue weighted by Gasteiger charge is -2.09. The van der Waals surface area contributed by atoms with Crippen LogP contribution in [0, 0.1) is 0 Å². The molecule has 0 bridgehead atoms. The van der Waals surface area contributed by atoms with Crippen LogP contribution < -0.4 is 11.5 Å². The van der Waals surface area contributed by atoms with Crippen LogP contribution in [0.3, 0.4) is 0 Å². The number of primary amides is 1. The Balaban J connectivity index is 2.14. The Morgan fingerprint density at radius 1 is 1.07 bits per heavy atom. The van der Waals surface area contributed by atoms with Crippen molar-refractivity contribution < 1.29 is 19.1 Å². The van der Waals surface area contributed by atoms with Crippen molar-refractivity contribution >= 4 is 18.0 Å². The van der Waals surface area contributed by atoms with Crippen molar-refractivity contribution in [1.29, 1.82) is 0 Å². The van der Waals surface area contributed by atoms with Gasteiger partial charge in [0.05, 0.1) is 5.69 Å². The van der Waals surface area contributed by atoms with Crippen LogP contribution in [0.5, 0.6) is 0 Å². The highest BCUT2D eigenvalue weighted by atomic mass is 16.6. The quantitative estimate of drug-likeness (QED) is 0.307. The molecule has 0 aliphatic heterocycles. The summed E-state index contributed by atoms with van der Waals surface area (Å²) in [5.74, 6) is -1.34. The number of nitrogens with zero attached hydrogens (tertiary/aromatic N) is 2. The van der Waals surface area contributed by atoms with Crippen LogP contribution in [-0.2, 0) is 20.7 Å². The van der Waals surface area contributed by atoms with Crippen molar-refractivity contribution in [3.8, 4) is 0 Å². The van der Waals surface area contributed by atoms with Gasteiger partial charge in [-0.2, -0.15) is 0 Å². The number of unbranched alkanes of at least 4 members (excludes halogenated alkanes) is 8. The van der Waals surface area contributed by atoms with Gasteiger partial charge in [0, 0.05) is 19.0 Å². The zero-order valence-corrected chi connectivity index (χ0v) is 16.2. The van der Waals surface area contributed by atoms with E-state index in [4.69, 9.17) is 16.2 Å². The third-order valence-electron chi connectivity index (χ3n) is 4.32. The first-order chi connectivity index (χ1) is 12.9. The summed E-state index contributed by atoms with van der Waals surface area (Å²) in [4.78, 5) is 38.5. The summed E-state index contributed by atoms with van der Waals surface area (Å²) >= 11 is 0. The van der Waals surface area contributed by atoms with Gasteiger partial charge in [0.25, 0.3) is 0 Å². The van der Waals surface area contributed by atoms with Gasteiger partial charge in [-0.25, -0.2) is 14.6 Å². The highest BCUT2D eigenvalue weighted by Crippen LogP contribution is 2.11. The van der Waals surface area contributed by atoms with Gasteiger partial charge in [-0.3, -0.25) is 9.36 Å². The molecule has 0 radical (unpaired) electrons. The van der Waals surface area contributed by atoms with E-state index >= 15 is 0 Å². The summed E-state index contributed by atoms with van der Waals surface area (Å²) in [7, 11) is 0. The molecule has 4 N–H and O–H groups in total. The highest BCUT2D eigenvalue weighted by Gasteiger charge is 2.20. The van der Waals surface area contributed by atoms with E-state index in [2.05, 4.69) is 11.9 Å². The molecule has 1 aromatic heterocycles. The number of carbonyl (C=O) groups excluding carboxylic acids is 3. The lowest BCUT2D eigenvalue weighted by Crippen LogP contribution is -2.35. The van der Waals surface area contributed by atoms with Crippen LogP contribution in [0.2, 0.25) is 0 Å². The highest BCUT2D eigenvalue weighted by molar-refractivity contribution is 5.88. The number of carbonyl (C=O) groups is 3. The molecule has 8 nitrogen and oxygen atoms in total. The smallest absolute Gasteiger partial charge is 0.330 e. The lowest BCUT2D eigenvalue weighted by atomic mass is 10.1. The molecule has 27 heavy (non-hydrogen) atoms. The summed E-state index contributed by atoms with van der Waals surface area (Å²) in [6, 6.07) is -1.70. The van der Waals surface area contributed by atoms with E-state index < -0.39 is 24.0 Å². The van der Waals surface area contributed by atoms with Crippen LogP contribution in [0.15, 0.2) is 12.5 Å². The summed E-state index contributed by atoms with van der Waals surface area (Å²) in [6.07, 6.45) is 13.2. The topological polar surface area (TPSA) is 130 Å². The molecule has 0 saturated heterocycles. The molecule has 0 aromatic carbocycles. The maximum atomic E-state index is 11.9. The fraction of sp³-hybridized carbons (Fsp3) is 0.684. The van der Waals surface area contributed by atoms with Crippen molar-refractivity contribution in [3.63, 3.8) is 0 Å². The average molecular weight is 380 g/mol. The predicted octanol–water partition coefficient (Wildman–Crippen LogP) is 2.67. The number of esters is 2. The molecule has 0 unspecified atom stereocenters. The number of nitrogens with two attached hydrogens (primary N) is 2. The Morgan fingerprint density at radius 3 is 2.22 bits per heavy atom. The summed E-state index contributed by atoms with van der Waals surface area (Å²) in [5, 5.41) is 0. The van der Waals surface area contributed by atoms with Crippen molar-refractivity contribution in [2.75, 3.05) is 0 Å². The maximum Gasteiger partial charge on any atom is 0.330 e.